The normalized spacial score (nSPS) is 18.0. The molecule has 2 aliphatic heterocycles. The van der Waals surface area contributed by atoms with Crippen LogP contribution < -0.4 is 9.64 Å². The Balaban J connectivity index is 1.37. The Hall–Kier alpha value is -2.38. The summed E-state index contributed by atoms with van der Waals surface area (Å²) in [5.74, 6) is -0.0342. The van der Waals surface area contributed by atoms with Gasteiger partial charge in [0, 0.05) is 45.2 Å². The van der Waals surface area contributed by atoms with Crippen LogP contribution in [0.25, 0.3) is 0 Å². The predicted octanol–water partition coefficient (Wildman–Crippen LogP) is 3.39. The van der Waals surface area contributed by atoms with E-state index in [1.54, 1.807) is 23.1 Å². The number of rotatable bonds is 4. The first-order valence-electron chi connectivity index (χ1n) is 9.80. The SMILES string of the molecule is O=C(c1cnc(OC2CCOCC2)c(Cl)c1)N1CCN(c2ccccc2F)CC1. The summed E-state index contributed by atoms with van der Waals surface area (Å²) in [7, 11) is 0. The van der Waals surface area contributed by atoms with Crippen LogP contribution >= 0.6 is 11.6 Å². The van der Waals surface area contributed by atoms with Gasteiger partial charge in [-0.25, -0.2) is 9.37 Å². The second-order valence-corrected chi connectivity index (χ2v) is 7.58. The third kappa shape index (κ3) is 4.62. The number of ether oxygens (including phenoxy) is 2. The van der Waals surface area contributed by atoms with Crippen LogP contribution in [0.3, 0.4) is 0 Å². The lowest BCUT2D eigenvalue weighted by molar-refractivity contribution is 0.0238. The maximum Gasteiger partial charge on any atom is 0.255 e. The van der Waals surface area contributed by atoms with Gasteiger partial charge in [0.05, 0.1) is 24.5 Å². The fourth-order valence-corrected chi connectivity index (χ4v) is 3.83. The number of benzene rings is 1. The number of anilines is 1. The largest absolute Gasteiger partial charge is 0.473 e. The highest BCUT2D eigenvalue weighted by molar-refractivity contribution is 6.32. The number of nitrogens with zero attached hydrogens (tertiary/aromatic N) is 3. The van der Waals surface area contributed by atoms with Crippen molar-refractivity contribution in [3.63, 3.8) is 0 Å². The number of hydrogen-bond donors (Lipinski definition) is 0. The number of carbonyl (C=O) groups is 1. The molecule has 0 radical (unpaired) electrons. The van der Waals surface area contributed by atoms with Gasteiger partial charge in [-0.3, -0.25) is 4.79 Å². The van der Waals surface area contributed by atoms with Gasteiger partial charge in [-0.2, -0.15) is 0 Å². The van der Waals surface area contributed by atoms with Gasteiger partial charge in [0.15, 0.2) is 0 Å². The van der Waals surface area contributed by atoms with Crippen LogP contribution in [0, 0.1) is 5.82 Å². The minimum Gasteiger partial charge on any atom is -0.473 e. The van der Waals surface area contributed by atoms with Crippen LogP contribution in [0.4, 0.5) is 10.1 Å². The summed E-state index contributed by atoms with van der Waals surface area (Å²) in [4.78, 5) is 20.8. The Labute approximate surface area is 174 Å². The lowest BCUT2D eigenvalue weighted by Gasteiger charge is -2.36. The molecular weight excluding hydrogens is 397 g/mol. The molecule has 0 aliphatic carbocycles. The van der Waals surface area contributed by atoms with Gasteiger partial charge in [0.2, 0.25) is 5.88 Å². The molecule has 8 heteroatoms. The summed E-state index contributed by atoms with van der Waals surface area (Å²) < 4.78 is 25.2. The van der Waals surface area contributed by atoms with Crippen LogP contribution in [0.1, 0.15) is 23.2 Å². The molecule has 2 aliphatic rings. The van der Waals surface area contributed by atoms with E-state index in [1.165, 1.54) is 12.3 Å². The van der Waals surface area contributed by atoms with Crippen molar-refractivity contribution >= 4 is 23.2 Å². The van der Waals surface area contributed by atoms with E-state index in [2.05, 4.69) is 4.98 Å². The highest BCUT2D eigenvalue weighted by atomic mass is 35.5. The molecule has 1 aromatic carbocycles. The molecule has 2 aromatic rings. The second-order valence-electron chi connectivity index (χ2n) is 7.17. The smallest absolute Gasteiger partial charge is 0.255 e. The molecule has 0 atom stereocenters. The first-order chi connectivity index (χ1) is 14.1. The molecule has 0 spiro atoms. The molecule has 154 valence electrons. The van der Waals surface area contributed by atoms with Gasteiger partial charge in [0.1, 0.15) is 16.9 Å². The van der Waals surface area contributed by atoms with Gasteiger partial charge in [-0.15, -0.1) is 0 Å². The highest BCUT2D eigenvalue weighted by Crippen LogP contribution is 2.26. The van der Waals surface area contributed by atoms with E-state index in [4.69, 9.17) is 21.1 Å². The van der Waals surface area contributed by atoms with Crippen LogP contribution in [-0.4, -0.2) is 61.3 Å². The number of aromatic nitrogens is 1. The van der Waals surface area contributed by atoms with Gasteiger partial charge in [-0.05, 0) is 18.2 Å². The number of piperazine rings is 1. The first kappa shape index (κ1) is 19.9. The van der Waals surface area contributed by atoms with Crippen LogP contribution in [0.15, 0.2) is 36.5 Å². The number of carbonyl (C=O) groups excluding carboxylic acids is 1. The zero-order valence-electron chi connectivity index (χ0n) is 16.0. The Morgan fingerprint density at radius 2 is 1.90 bits per heavy atom. The van der Waals surface area contributed by atoms with E-state index < -0.39 is 0 Å². The summed E-state index contributed by atoms with van der Waals surface area (Å²) in [6, 6.07) is 8.30. The average molecular weight is 420 g/mol. The molecule has 0 N–H and O–H groups in total. The fourth-order valence-electron chi connectivity index (χ4n) is 3.62. The minimum absolute atomic E-state index is 0.0294. The summed E-state index contributed by atoms with van der Waals surface area (Å²) in [5.41, 5.74) is 0.993. The first-order valence-corrected chi connectivity index (χ1v) is 10.2. The van der Waals surface area contributed by atoms with Crippen molar-refractivity contribution in [2.45, 2.75) is 18.9 Å². The molecule has 29 heavy (non-hydrogen) atoms. The van der Waals surface area contributed by atoms with E-state index in [1.807, 2.05) is 11.0 Å². The molecular formula is C21H23ClFN3O3. The molecule has 0 bridgehead atoms. The Morgan fingerprint density at radius 1 is 1.17 bits per heavy atom. The van der Waals surface area contributed by atoms with Gasteiger partial charge in [0.25, 0.3) is 5.91 Å². The van der Waals surface area contributed by atoms with Crippen molar-refractivity contribution in [3.05, 3.63) is 52.9 Å². The minimum atomic E-state index is -0.247. The zero-order valence-corrected chi connectivity index (χ0v) is 16.8. The lowest BCUT2D eigenvalue weighted by atomic mass is 10.1. The lowest BCUT2D eigenvalue weighted by Crippen LogP contribution is -2.49. The quantitative estimate of drug-likeness (QED) is 0.760. The molecule has 0 unspecified atom stereocenters. The Morgan fingerprint density at radius 3 is 2.59 bits per heavy atom. The average Bonchev–Trinajstić information content (AvgIpc) is 2.76. The van der Waals surface area contributed by atoms with Crippen LogP contribution in [0.2, 0.25) is 5.02 Å². The number of pyridine rings is 1. The third-order valence-electron chi connectivity index (χ3n) is 5.26. The van der Waals surface area contributed by atoms with Crippen LogP contribution in [0.5, 0.6) is 5.88 Å². The van der Waals surface area contributed by atoms with Crippen molar-refractivity contribution in [3.8, 4) is 5.88 Å². The van der Waals surface area contributed by atoms with Crippen LogP contribution in [-0.2, 0) is 4.74 Å². The van der Waals surface area contributed by atoms with E-state index in [0.717, 1.165) is 12.8 Å². The van der Waals surface area contributed by atoms with E-state index in [9.17, 15) is 9.18 Å². The van der Waals surface area contributed by atoms with E-state index >= 15 is 0 Å². The molecule has 1 aromatic heterocycles. The zero-order chi connectivity index (χ0) is 20.2. The van der Waals surface area contributed by atoms with E-state index in [-0.39, 0.29) is 17.8 Å². The number of para-hydroxylation sites is 1. The predicted molar refractivity (Wildman–Crippen MR) is 108 cm³/mol. The maximum atomic E-state index is 14.0. The highest BCUT2D eigenvalue weighted by Gasteiger charge is 2.25. The van der Waals surface area contributed by atoms with Crippen molar-refractivity contribution in [2.24, 2.45) is 0 Å². The summed E-state index contributed by atoms with van der Waals surface area (Å²) in [6.45, 7) is 3.48. The van der Waals surface area contributed by atoms with Crippen molar-refractivity contribution in [1.82, 2.24) is 9.88 Å². The van der Waals surface area contributed by atoms with E-state index in [0.29, 0.717) is 61.5 Å². The standard InChI is InChI=1S/C21H23ClFN3O3/c22-17-13-15(14-24-20(17)29-16-5-11-28-12-6-16)21(27)26-9-7-25(8-10-26)19-4-2-1-3-18(19)23/h1-4,13-14,16H,5-12H2. The van der Waals surface area contributed by atoms with Gasteiger partial charge >= 0.3 is 0 Å². The summed E-state index contributed by atoms with van der Waals surface area (Å²) in [6.07, 6.45) is 3.13. The molecule has 0 saturated carbocycles. The topological polar surface area (TPSA) is 54.9 Å². The monoisotopic (exact) mass is 419 g/mol. The summed E-state index contributed by atoms with van der Waals surface area (Å²) in [5, 5.41) is 0.326. The number of halogens is 2. The third-order valence-corrected chi connectivity index (χ3v) is 5.53. The molecule has 2 fully saturated rings. The Kier molecular flexibility index (Phi) is 6.16. The van der Waals surface area contributed by atoms with Crippen molar-refractivity contribution in [2.75, 3.05) is 44.3 Å². The number of hydrogen-bond acceptors (Lipinski definition) is 5. The molecule has 3 heterocycles. The Bertz CT molecular complexity index is 868. The molecule has 4 rings (SSSR count). The summed E-state index contributed by atoms with van der Waals surface area (Å²) >= 11 is 6.31. The van der Waals surface area contributed by atoms with Crippen molar-refractivity contribution in [1.29, 1.82) is 0 Å². The second kappa shape index (κ2) is 8.97. The molecule has 1 amide bonds. The number of amides is 1. The van der Waals surface area contributed by atoms with Gasteiger partial charge < -0.3 is 19.3 Å². The van der Waals surface area contributed by atoms with Crippen molar-refractivity contribution < 1.29 is 18.7 Å². The fraction of sp³-hybridized carbons (Fsp3) is 0.429. The molecule has 6 nitrogen and oxygen atoms in total. The maximum absolute atomic E-state index is 14.0. The van der Waals surface area contributed by atoms with Gasteiger partial charge in [-0.1, -0.05) is 23.7 Å². The molecule has 2 saturated heterocycles.